The number of hydrogen-bond acceptors (Lipinski definition) is 7. The SMILES string of the molecule is CCOC(=O)c1c(NC(=O)CCSc2ccc(OC)cc2)sc2c1CCN(C(C)C)C2. The Hall–Kier alpha value is -2.03. The summed E-state index contributed by atoms with van der Waals surface area (Å²) in [5.74, 6) is 1.03. The van der Waals surface area contributed by atoms with Gasteiger partial charge in [0.25, 0.3) is 0 Å². The number of fused-ring (bicyclic) bond motifs is 1. The molecule has 31 heavy (non-hydrogen) atoms. The van der Waals surface area contributed by atoms with E-state index in [1.165, 1.54) is 11.3 Å². The largest absolute Gasteiger partial charge is 0.497 e. The molecule has 1 aliphatic heterocycles. The molecule has 0 bridgehead atoms. The van der Waals surface area contributed by atoms with Gasteiger partial charge in [-0.15, -0.1) is 23.1 Å². The van der Waals surface area contributed by atoms with Crippen LogP contribution >= 0.6 is 23.1 Å². The van der Waals surface area contributed by atoms with Gasteiger partial charge in [-0.2, -0.15) is 0 Å². The zero-order valence-corrected chi connectivity index (χ0v) is 20.2. The van der Waals surface area contributed by atoms with Gasteiger partial charge in [0.15, 0.2) is 0 Å². The summed E-state index contributed by atoms with van der Waals surface area (Å²) in [5.41, 5.74) is 1.57. The van der Waals surface area contributed by atoms with E-state index in [-0.39, 0.29) is 11.9 Å². The summed E-state index contributed by atoms with van der Waals surface area (Å²) in [7, 11) is 1.64. The number of anilines is 1. The van der Waals surface area contributed by atoms with Crippen molar-refractivity contribution in [2.75, 3.05) is 31.3 Å². The molecule has 6 nitrogen and oxygen atoms in total. The Morgan fingerprint density at radius 3 is 2.65 bits per heavy atom. The van der Waals surface area contributed by atoms with Crippen LogP contribution in [0.1, 0.15) is 48.0 Å². The predicted octanol–water partition coefficient (Wildman–Crippen LogP) is 4.82. The number of carbonyl (C=O) groups excluding carboxylic acids is 2. The van der Waals surface area contributed by atoms with Gasteiger partial charge in [-0.1, -0.05) is 0 Å². The highest BCUT2D eigenvalue weighted by atomic mass is 32.2. The van der Waals surface area contributed by atoms with E-state index < -0.39 is 0 Å². The van der Waals surface area contributed by atoms with Crippen molar-refractivity contribution in [2.24, 2.45) is 0 Å². The average Bonchev–Trinajstić information content (AvgIpc) is 3.11. The number of ether oxygens (including phenoxy) is 2. The second-order valence-electron chi connectivity index (χ2n) is 7.56. The molecular formula is C23H30N2O4S2. The van der Waals surface area contributed by atoms with Crippen LogP contribution in [-0.2, 0) is 22.5 Å². The van der Waals surface area contributed by atoms with Gasteiger partial charge < -0.3 is 14.8 Å². The maximum Gasteiger partial charge on any atom is 0.341 e. The van der Waals surface area contributed by atoms with Crippen molar-refractivity contribution >= 4 is 40.0 Å². The lowest BCUT2D eigenvalue weighted by Crippen LogP contribution is -2.35. The van der Waals surface area contributed by atoms with Crippen LogP contribution in [0.15, 0.2) is 29.2 Å². The van der Waals surface area contributed by atoms with Crippen molar-refractivity contribution in [3.63, 3.8) is 0 Å². The molecule has 0 fully saturated rings. The van der Waals surface area contributed by atoms with Crippen LogP contribution in [0.5, 0.6) is 5.75 Å². The van der Waals surface area contributed by atoms with Gasteiger partial charge in [0.2, 0.25) is 5.91 Å². The van der Waals surface area contributed by atoms with Gasteiger partial charge in [0, 0.05) is 41.1 Å². The van der Waals surface area contributed by atoms with Gasteiger partial charge in [-0.05, 0) is 57.0 Å². The molecule has 0 radical (unpaired) electrons. The topological polar surface area (TPSA) is 67.9 Å². The van der Waals surface area contributed by atoms with E-state index in [9.17, 15) is 9.59 Å². The van der Waals surface area contributed by atoms with E-state index in [4.69, 9.17) is 9.47 Å². The number of nitrogens with one attached hydrogen (secondary N) is 1. The van der Waals surface area contributed by atoms with Crippen molar-refractivity contribution in [2.45, 2.75) is 51.1 Å². The Morgan fingerprint density at radius 1 is 1.26 bits per heavy atom. The number of thiophene rings is 1. The number of amides is 1. The summed E-state index contributed by atoms with van der Waals surface area (Å²) in [4.78, 5) is 29.9. The highest BCUT2D eigenvalue weighted by Gasteiger charge is 2.30. The first-order valence-electron chi connectivity index (χ1n) is 10.5. The van der Waals surface area contributed by atoms with Crippen molar-refractivity contribution in [1.29, 1.82) is 0 Å². The molecule has 1 amide bonds. The van der Waals surface area contributed by atoms with Crippen molar-refractivity contribution < 1.29 is 19.1 Å². The van der Waals surface area contributed by atoms with E-state index in [0.29, 0.717) is 35.4 Å². The first-order chi connectivity index (χ1) is 14.9. The zero-order valence-electron chi connectivity index (χ0n) is 18.5. The van der Waals surface area contributed by atoms with Gasteiger partial charge in [0.05, 0.1) is 19.3 Å². The minimum atomic E-state index is -0.346. The Kier molecular flexibility index (Phi) is 8.40. The van der Waals surface area contributed by atoms with Crippen LogP contribution in [0.25, 0.3) is 0 Å². The molecule has 168 valence electrons. The van der Waals surface area contributed by atoms with Crippen LogP contribution in [0.2, 0.25) is 0 Å². The van der Waals surface area contributed by atoms with Gasteiger partial charge >= 0.3 is 5.97 Å². The Labute approximate surface area is 192 Å². The minimum absolute atomic E-state index is 0.0918. The van der Waals surface area contributed by atoms with Crippen molar-refractivity contribution in [1.82, 2.24) is 4.90 Å². The monoisotopic (exact) mass is 462 g/mol. The van der Waals surface area contributed by atoms with Crippen LogP contribution in [-0.4, -0.2) is 48.8 Å². The molecule has 0 unspecified atom stereocenters. The van der Waals surface area contributed by atoms with Crippen LogP contribution in [0.4, 0.5) is 5.00 Å². The lowest BCUT2D eigenvalue weighted by atomic mass is 10.0. The fraction of sp³-hybridized carbons (Fsp3) is 0.478. The zero-order chi connectivity index (χ0) is 22.4. The third-order valence-electron chi connectivity index (χ3n) is 5.21. The van der Waals surface area contributed by atoms with E-state index in [1.54, 1.807) is 25.8 Å². The quantitative estimate of drug-likeness (QED) is 0.426. The summed E-state index contributed by atoms with van der Waals surface area (Å²) in [5, 5.41) is 3.60. The standard InChI is InChI=1S/C23H30N2O4S2/c1-5-29-23(27)21-18-10-12-25(15(2)3)14-19(18)31-22(21)24-20(26)11-13-30-17-8-6-16(28-4)7-9-17/h6-9,15H,5,10-14H2,1-4H3,(H,24,26). The number of thioether (sulfide) groups is 1. The average molecular weight is 463 g/mol. The summed E-state index contributed by atoms with van der Waals surface area (Å²) in [6, 6.07) is 8.21. The Morgan fingerprint density at radius 2 is 2.00 bits per heavy atom. The molecule has 2 heterocycles. The highest BCUT2D eigenvalue weighted by molar-refractivity contribution is 7.99. The number of hydrogen-bond donors (Lipinski definition) is 1. The molecule has 1 aromatic carbocycles. The summed E-state index contributed by atoms with van der Waals surface area (Å²) in [6.07, 6.45) is 1.15. The predicted molar refractivity (Wildman–Crippen MR) is 126 cm³/mol. The summed E-state index contributed by atoms with van der Waals surface area (Å²) >= 11 is 3.12. The van der Waals surface area contributed by atoms with Crippen LogP contribution in [0.3, 0.4) is 0 Å². The molecule has 8 heteroatoms. The van der Waals surface area contributed by atoms with E-state index >= 15 is 0 Å². The molecule has 1 aliphatic rings. The third-order valence-corrected chi connectivity index (χ3v) is 7.35. The second kappa shape index (κ2) is 11.0. The molecule has 0 spiro atoms. The molecule has 1 N–H and O–H groups in total. The van der Waals surface area contributed by atoms with Crippen LogP contribution < -0.4 is 10.1 Å². The number of esters is 1. The molecule has 3 rings (SSSR count). The van der Waals surface area contributed by atoms with Gasteiger partial charge in [-0.3, -0.25) is 9.69 Å². The van der Waals surface area contributed by atoms with E-state index in [2.05, 4.69) is 24.1 Å². The van der Waals surface area contributed by atoms with E-state index in [0.717, 1.165) is 40.6 Å². The van der Waals surface area contributed by atoms with Gasteiger partial charge in [-0.25, -0.2) is 4.79 Å². The molecule has 0 atom stereocenters. The Balaban J connectivity index is 1.66. The third kappa shape index (κ3) is 6.02. The number of benzene rings is 1. The summed E-state index contributed by atoms with van der Waals surface area (Å²) < 4.78 is 10.5. The molecule has 0 aliphatic carbocycles. The molecule has 0 saturated heterocycles. The summed E-state index contributed by atoms with van der Waals surface area (Å²) in [6.45, 7) is 8.16. The smallest absolute Gasteiger partial charge is 0.341 e. The maximum atomic E-state index is 12.7. The van der Waals surface area contributed by atoms with Crippen molar-refractivity contribution in [3.8, 4) is 5.75 Å². The number of carbonyl (C=O) groups is 2. The van der Waals surface area contributed by atoms with Gasteiger partial charge in [0.1, 0.15) is 10.8 Å². The number of rotatable bonds is 9. The molecule has 0 saturated carbocycles. The van der Waals surface area contributed by atoms with Crippen LogP contribution in [0, 0.1) is 0 Å². The highest BCUT2D eigenvalue weighted by Crippen LogP contribution is 2.38. The first kappa shape index (κ1) is 23.6. The second-order valence-corrected chi connectivity index (χ2v) is 9.84. The van der Waals surface area contributed by atoms with E-state index in [1.807, 2.05) is 24.3 Å². The fourth-order valence-electron chi connectivity index (χ4n) is 3.49. The number of nitrogens with zero attached hydrogens (tertiary/aromatic N) is 1. The lowest BCUT2D eigenvalue weighted by Gasteiger charge is -2.30. The fourth-order valence-corrected chi connectivity index (χ4v) is 5.62. The molecule has 2 aromatic rings. The first-order valence-corrected chi connectivity index (χ1v) is 12.4. The minimum Gasteiger partial charge on any atom is -0.497 e. The molecule has 1 aromatic heterocycles. The Bertz CT molecular complexity index is 909. The lowest BCUT2D eigenvalue weighted by molar-refractivity contribution is -0.115. The van der Waals surface area contributed by atoms with Crippen molar-refractivity contribution in [3.05, 3.63) is 40.3 Å². The molecular weight excluding hydrogens is 432 g/mol. The number of methoxy groups -OCH3 is 1. The normalized spacial score (nSPS) is 13.7. The maximum absolute atomic E-state index is 12.7.